The number of nitrogens with two attached hydrogens (primary N) is 1. The van der Waals surface area contributed by atoms with Gasteiger partial charge in [0, 0.05) is 18.7 Å². The molecular formula is C6H12Cl2N4. The van der Waals surface area contributed by atoms with Crippen molar-refractivity contribution in [3.05, 3.63) is 11.8 Å². The molecule has 0 spiro atoms. The second-order valence-electron chi connectivity index (χ2n) is 2.37. The zero-order valence-electron chi connectivity index (χ0n) is 6.49. The molecule has 0 aromatic carbocycles. The van der Waals surface area contributed by atoms with Crippen LogP contribution in [0.25, 0.3) is 0 Å². The molecule has 3 N–H and O–H groups in total. The molecule has 12 heavy (non-hydrogen) atoms. The van der Waals surface area contributed by atoms with E-state index < -0.39 is 0 Å². The van der Waals surface area contributed by atoms with E-state index in [1.165, 1.54) is 0 Å². The number of rotatable bonds is 1. The van der Waals surface area contributed by atoms with Gasteiger partial charge < -0.3 is 11.1 Å². The quantitative estimate of drug-likeness (QED) is 0.715. The highest BCUT2D eigenvalue weighted by Crippen LogP contribution is 2.17. The first-order valence-electron chi connectivity index (χ1n) is 3.40. The zero-order valence-corrected chi connectivity index (χ0v) is 8.12. The zero-order chi connectivity index (χ0) is 6.97. The SMILES string of the molecule is Cl.Cl.NCc1cnn2c1NCC2. The number of aromatic nitrogens is 2. The molecule has 0 saturated heterocycles. The smallest absolute Gasteiger partial charge is 0.128 e. The predicted molar refractivity (Wildman–Crippen MR) is 53.1 cm³/mol. The molecule has 1 aromatic rings. The van der Waals surface area contributed by atoms with Crippen molar-refractivity contribution in [3.8, 4) is 0 Å². The van der Waals surface area contributed by atoms with Gasteiger partial charge in [-0.2, -0.15) is 5.10 Å². The number of anilines is 1. The summed E-state index contributed by atoms with van der Waals surface area (Å²) in [7, 11) is 0. The van der Waals surface area contributed by atoms with Crippen LogP contribution in [0.5, 0.6) is 0 Å². The first kappa shape index (κ1) is 11.6. The lowest BCUT2D eigenvalue weighted by Crippen LogP contribution is -1.99. The maximum absolute atomic E-state index is 5.47. The van der Waals surface area contributed by atoms with Crippen molar-refractivity contribution in [2.75, 3.05) is 11.9 Å². The standard InChI is InChI=1S/C6H10N4.2ClH/c7-3-5-4-9-10-2-1-8-6(5)10;;/h4,8H,1-3,7H2;2*1H. The van der Waals surface area contributed by atoms with Crippen LogP contribution in [0.4, 0.5) is 5.82 Å². The molecule has 1 aromatic heterocycles. The van der Waals surface area contributed by atoms with Crippen molar-refractivity contribution >= 4 is 30.6 Å². The van der Waals surface area contributed by atoms with Crippen LogP contribution in [0.3, 0.4) is 0 Å². The molecule has 0 bridgehead atoms. The van der Waals surface area contributed by atoms with Gasteiger partial charge in [-0.1, -0.05) is 0 Å². The van der Waals surface area contributed by atoms with E-state index in [0.717, 1.165) is 24.5 Å². The Morgan fingerprint density at radius 1 is 1.58 bits per heavy atom. The van der Waals surface area contributed by atoms with Gasteiger partial charge >= 0.3 is 0 Å². The Bertz CT molecular complexity index is 248. The Morgan fingerprint density at radius 3 is 3.00 bits per heavy atom. The van der Waals surface area contributed by atoms with Crippen LogP contribution in [0.15, 0.2) is 6.20 Å². The van der Waals surface area contributed by atoms with E-state index in [1.807, 2.05) is 10.9 Å². The highest BCUT2D eigenvalue weighted by Gasteiger charge is 2.13. The molecule has 1 aliphatic heterocycles. The average molecular weight is 211 g/mol. The minimum absolute atomic E-state index is 0. The lowest BCUT2D eigenvalue weighted by molar-refractivity contribution is 0.696. The fraction of sp³-hybridized carbons (Fsp3) is 0.500. The largest absolute Gasteiger partial charge is 0.368 e. The summed E-state index contributed by atoms with van der Waals surface area (Å²) in [5.41, 5.74) is 6.58. The Kier molecular flexibility index (Phi) is 4.37. The van der Waals surface area contributed by atoms with Crippen LogP contribution in [0.2, 0.25) is 0 Å². The highest BCUT2D eigenvalue weighted by molar-refractivity contribution is 5.85. The summed E-state index contributed by atoms with van der Waals surface area (Å²) in [5, 5.41) is 7.36. The van der Waals surface area contributed by atoms with Crippen LogP contribution in [-0.4, -0.2) is 16.3 Å². The van der Waals surface area contributed by atoms with Crippen LogP contribution in [0.1, 0.15) is 5.56 Å². The molecule has 0 saturated carbocycles. The topological polar surface area (TPSA) is 55.9 Å². The monoisotopic (exact) mass is 210 g/mol. The van der Waals surface area contributed by atoms with Crippen LogP contribution in [-0.2, 0) is 13.1 Å². The van der Waals surface area contributed by atoms with E-state index >= 15 is 0 Å². The van der Waals surface area contributed by atoms with Crippen molar-refractivity contribution in [1.82, 2.24) is 9.78 Å². The van der Waals surface area contributed by atoms with Gasteiger partial charge in [-0.15, -0.1) is 24.8 Å². The van der Waals surface area contributed by atoms with E-state index in [0.29, 0.717) is 6.54 Å². The fourth-order valence-corrected chi connectivity index (χ4v) is 1.23. The molecule has 2 rings (SSSR count). The van der Waals surface area contributed by atoms with Gasteiger partial charge in [0.05, 0.1) is 12.7 Å². The minimum atomic E-state index is 0. The summed E-state index contributed by atoms with van der Waals surface area (Å²) in [5.74, 6) is 1.10. The fourth-order valence-electron chi connectivity index (χ4n) is 1.23. The van der Waals surface area contributed by atoms with Gasteiger partial charge in [-0.3, -0.25) is 0 Å². The lowest BCUT2D eigenvalue weighted by atomic mass is 10.3. The first-order chi connectivity index (χ1) is 4.92. The van der Waals surface area contributed by atoms with Gasteiger partial charge in [0.2, 0.25) is 0 Å². The Labute approximate surface area is 83.3 Å². The summed E-state index contributed by atoms with van der Waals surface area (Å²) in [6, 6.07) is 0. The molecule has 0 atom stereocenters. The Hall–Kier alpha value is -0.450. The third-order valence-corrected chi connectivity index (χ3v) is 1.75. The molecular weight excluding hydrogens is 199 g/mol. The van der Waals surface area contributed by atoms with E-state index in [-0.39, 0.29) is 24.8 Å². The normalized spacial score (nSPS) is 12.4. The molecule has 0 radical (unpaired) electrons. The maximum atomic E-state index is 5.47. The van der Waals surface area contributed by atoms with Gasteiger partial charge in [0.15, 0.2) is 0 Å². The second kappa shape index (κ2) is 4.54. The third kappa shape index (κ3) is 1.65. The summed E-state index contributed by atoms with van der Waals surface area (Å²) in [4.78, 5) is 0. The number of halogens is 2. The molecule has 0 fully saturated rings. The minimum Gasteiger partial charge on any atom is -0.368 e. The number of fused-ring (bicyclic) bond motifs is 1. The molecule has 0 aliphatic carbocycles. The molecule has 70 valence electrons. The summed E-state index contributed by atoms with van der Waals surface area (Å²) >= 11 is 0. The Balaban J connectivity index is 0.000000605. The van der Waals surface area contributed by atoms with Crippen LogP contribution in [0, 0.1) is 0 Å². The molecule has 1 aliphatic rings. The number of nitrogens with one attached hydrogen (secondary N) is 1. The van der Waals surface area contributed by atoms with Crippen molar-refractivity contribution in [2.24, 2.45) is 5.73 Å². The van der Waals surface area contributed by atoms with E-state index in [4.69, 9.17) is 5.73 Å². The summed E-state index contributed by atoms with van der Waals surface area (Å²) < 4.78 is 1.95. The average Bonchev–Trinajstić information content (AvgIpc) is 2.44. The van der Waals surface area contributed by atoms with E-state index in [1.54, 1.807) is 0 Å². The lowest BCUT2D eigenvalue weighted by Gasteiger charge is -1.95. The number of nitrogens with zero attached hydrogens (tertiary/aromatic N) is 2. The molecule has 0 amide bonds. The van der Waals surface area contributed by atoms with E-state index in [9.17, 15) is 0 Å². The highest BCUT2D eigenvalue weighted by atomic mass is 35.5. The molecule has 4 nitrogen and oxygen atoms in total. The first-order valence-corrected chi connectivity index (χ1v) is 3.40. The Morgan fingerprint density at radius 2 is 2.33 bits per heavy atom. The van der Waals surface area contributed by atoms with Crippen molar-refractivity contribution in [2.45, 2.75) is 13.1 Å². The summed E-state index contributed by atoms with van der Waals surface area (Å²) in [6.45, 7) is 2.52. The molecule has 6 heteroatoms. The summed E-state index contributed by atoms with van der Waals surface area (Å²) in [6.07, 6.45) is 1.82. The molecule has 2 heterocycles. The van der Waals surface area contributed by atoms with Gasteiger partial charge in [0.1, 0.15) is 5.82 Å². The van der Waals surface area contributed by atoms with Gasteiger partial charge in [0.25, 0.3) is 0 Å². The van der Waals surface area contributed by atoms with Gasteiger partial charge in [-0.05, 0) is 0 Å². The number of hydrogen-bond acceptors (Lipinski definition) is 3. The van der Waals surface area contributed by atoms with Gasteiger partial charge in [-0.25, -0.2) is 4.68 Å². The van der Waals surface area contributed by atoms with Crippen molar-refractivity contribution in [1.29, 1.82) is 0 Å². The second-order valence-corrected chi connectivity index (χ2v) is 2.37. The van der Waals surface area contributed by atoms with Crippen molar-refractivity contribution in [3.63, 3.8) is 0 Å². The van der Waals surface area contributed by atoms with Crippen LogP contribution < -0.4 is 11.1 Å². The van der Waals surface area contributed by atoms with Crippen LogP contribution >= 0.6 is 24.8 Å². The predicted octanol–water partition coefficient (Wildman–Crippen LogP) is 0.611. The van der Waals surface area contributed by atoms with E-state index in [2.05, 4.69) is 10.4 Å². The maximum Gasteiger partial charge on any atom is 0.128 e. The van der Waals surface area contributed by atoms with Crippen molar-refractivity contribution < 1.29 is 0 Å². The third-order valence-electron chi connectivity index (χ3n) is 1.75. The number of hydrogen-bond donors (Lipinski definition) is 2. The molecule has 0 unspecified atom stereocenters.